The zero-order valence-corrected chi connectivity index (χ0v) is 11.6. The van der Waals surface area contributed by atoms with Crippen molar-refractivity contribution in [3.05, 3.63) is 42.0 Å². The Kier molecular flexibility index (Phi) is 3.33. The summed E-state index contributed by atoms with van der Waals surface area (Å²) in [6.07, 6.45) is 2.00. The summed E-state index contributed by atoms with van der Waals surface area (Å²) in [4.78, 5) is 0. The molecule has 102 valence electrons. The van der Waals surface area contributed by atoms with Crippen LogP contribution in [0.15, 0.2) is 36.4 Å². The molecule has 0 aromatic heterocycles. The van der Waals surface area contributed by atoms with Crippen LogP contribution in [-0.4, -0.2) is 18.8 Å². The van der Waals surface area contributed by atoms with E-state index < -0.39 is 0 Å². The number of hydrogen-bond donors (Lipinski definition) is 1. The van der Waals surface area contributed by atoms with Crippen molar-refractivity contribution in [3.63, 3.8) is 0 Å². The number of ether oxygens (including phenoxy) is 1. The second-order valence-corrected chi connectivity index (χ2v) is 5.62. The molecular formula is C17H18N2O. The number of nitriles is 1. The fourth-order valence-electron chi connectivity index (χ4n) is 2.78. The summed E-state index contributed by atoms with van der Waals surface area (Å²) < 4.78 is 5.44. The predicted molar refractivity (Wildman–Crippen MR) is 80.7 cm³/mol. The molecule has 2 aromatic rings. The normalized spacial score (nSPS) is 17.6. The third kappa shape index (κ3) is 2.35. The molecule has 2 aromatic carbocycles. The van der Waals surface area contributed by atoms with Gasteiger partial charge in [0.1, 0.15) is 0 Å². The van der Waals surface area contributed by atoms with Gasteiger partial charge >= 0.3 is 0 Å². The predicted octanol–water partition coefficient (Wildman–Crippen LogP) is 3.69. The van der Waals surface area contributed by atoms with E-state index in [-0.39, 0.29) is 5.54 Å². The first-order valence-corrected chi connectivity index (χ1v) is 7.00. The van der Waals surface area contributed by atoms with Crippen LogP contribution in [0.5, 0.6) is 0 Å². The van der Waals surface area contributed by atoms with Crippen molar-refractivity contribution in [2.24, 2.45) is 0 Å². The Labute approximate surface area is 119 Å². The van der Waals surface area contributed by atoms with Crippen molar-refractivity contribution < 1.29 is 4.74 Å². The Hall–Kier alpha value is -2.05. The first-order chi connectivity index (χ1) is 9.72. The zero-order valence-electron chi connectivity index (χ0n) is 11.6. The quantitative estimate of drug-likeness (QED) is 0.901. The minimum atomic E-state index is 0.0647. The molecular weight excluding hydrogens is 248 g/mol. The molecule has 1 fully saturated rings. The number of nitrogens with one attached hydrogen (secondary N) is 1. The number of hydrogen-bond acceptors (Lipinski definition) is 3. The van der Waals surface area contributed by atoms with Gasteiger partial charge in [-0.3, -0.25) is 0 Å². The van der Waals surface area contributed by atoms with Crippen LogP contribution in [-0.2, 0) is 4.74 Å². The van der Waals surface area contributed by atoms with Crippen molar-refractivity contribution in [1.29, 1.82) is 5.26 Å². The highest BCUT2D eigenvalue weighted by Gasteiger charge is 2.27. The molecule has 0 unspecified atom stereocenters. The van der Waals surface area contributed by atoms with Crippen molar-refractivity contribution in [2.45, 2.75) is 25.3 Å². The van der Waals surface area contributed by atoms with Gasteiger partial charge in [-0.05, 0) is 31.9 Å². The molecule has 1 aliphatic heterocycles. The maximum atomic E-state index is 9.21. The number of fused-ring (bicyclic) bond motifs is 1. The van der Waals surface area contributed by atoms with Gasteiger partial charge < -0.3 is 10.1 Å². The van der Waals surface area contributed by atoms with E-state index in [2.05, 4.69) is 24.4 Å². The molecule has 0 amide bonds. The van der Waals surface area contributed by atoms with E-state index in [0.717, 1.165) is 48.1 Å². The Balaban J connectivity index is 2.02. The molecule has 1 heterocycles. The highest BCUT2D eigenvalue weighted by Crippen LogP contribution is 2.31. The highest BCUT2D eigenvalue weighted by atomic mass is 16.5. The maximum Gasteiger partial charge on any atom is 0.0998 e. The van der Waals surface area contributed by atoms with Gasteiger partial charge in [0.2, 0.25) is 0 Å². The molecule has 3 nitrogen and oxygen atoms in total. The molecule has 20 heavy (non-hydrogen) atoms. The van der Waals surface area contributed by atoms with Crippen LogP contribution in [0, 0.1) is 11.3 Å². The lowest BCUT2D eigenvalue weighted by molar-refractivity contribution is 0.0658. The second-order valence-electron chi connectivity index (χ2n) is 5.62. The smallest absolute Gasteiger partial charge is 0.0998 e. The fourth-order valence-corrected chi connectivity index (χ4v) is 2.78. The highest BCUT2D eigenvalue weighted by molar-refractivity contribution is 5.97. The minimum Gasteiger partial charge on any atom is -0.381 e. The number of nitrogens with zero attached hydrogens (tertiary/aromatic N) is 1. The van der Waals surface area contributed by atoms with Crippen molar-refractivity contribution in [1.82, 2.24) is 0 Å². The lowest BCUT2D eigenvalue weighted by Gasteiger charge is -2.35. The van der Waals surface area contributed by atoms with Gasteiger partial charge in [0.05, 0.1) is 11.6 Å². The van der Waals surface area contributed by atoms with Gasteiger partial charge in [0.15, 0.2) is 0 Å². The van der Waals surface area contributed by atoms with Crippen LogP contribution in [0.4, 0.5) is 5.69 Å². The molecule has 1 aliphatic rings. The lowest BCUT2D eigenvalue weighted by Crippen LogP contribution is -2.40. The first kappa shape index (κ1) is 13.0. The van der Waals surface area contributed by atoms with Crippen LogP contribution in [0.25, 0.3) is 10.8 Å². The van der Waals surface area contributed by atoms with Crippen molar-refractivity contribution in [2.75, 3.05) is 18.5 Å². The van der Waals surface area contributed by atoms with Gasteiger partial charge in [-0.1, -0.05) is 24.3 Å². The minimum absolute atomic E-state index is 0.0647. The van der Waals surface area contributed by atoms with Crippen LogP contribution in [0.1, 0.15) is 25.3 Å². The monoisotopic (exact) mass is 266 g/mol. The summed E-state index contributed by atoms with van der Waals surface area (Å²) in [5.41, 5.74) is 1.89. The molecule has 0 aliphatic carbocycles. The average molecular weight is 266 g/mol. The number of benzene rings is 2. The topological polar surface area (TPSA) is 45.0 Å². The zero-order chi connectivity index (χ0) is 14.0. The van der Waals surface area contributed by atoms with Gasteiger partial charge in [0, 0.05) is 35.2 Å². The molecule has 0 radical (unpaired) electrons. The first-order valence-electron chi connectivity index (χ1n) is 7.00. The van der Waals surface area contributed by atoms with E-state index in [4.69, 9.17) is 4.74 Å². The molecule has 3 heteroatoms. The van der Waals surface area contributed by atoms with E-state index in [1.165, 1.54) is 0 Å². The second kappa shape index (κ2) is 5.15. The summed E-state index contributed by atoms with van der Waals surface area (Å²) in [5, 5.41) is 15.0. The molecule has 0 bridgehead atoms. The Bertz CT molecular complexity index is 666. The van der Waals surface area contributed by atoms with Gasteiger partial charge in [-0.25, -0.2) is 0 Å². The number of anilines is 1. The van der Waals surface area contributed by atoms with E-state index >= 15 is 0 Å². The van der Waals surface area contributed by atoms with Crippen LogP contribution in [0.3, 0.4) is 0 Å². The Morgan fingerprint density at radius 3 is 2.50 bits per heavy atom. The van der Waals surface area contributed by atoms with E-state index in [1.54, 1.807) is 0 Å². The van der Waals surface area contributed by atoms with Gasteiger partial charge in [-0.15, -0.1) is 0 Å². The van der Waals surface area contributed by atoms with Gasteiger partial charge in [0.25, 0.3) is 0 Å². The molecule has 1 saturated heterocycles. The molecule has 0 spiro atoms. The summed E-state index contributed by atoms with van der Waals surface area (Å²) in [7, 11) is 0. The standard InChI is InChI=1S/C17H18N2O/c1-17(8-10-20-11-9-17)19-16-7-6-13(12-18)14-4-2-3-5-15(14)16/h2-7,19H,8-11H2,1H3. The van der Waals surface area contributed by atoms with E-state index in [9.17, 15) is 5.26 Å². The van der Waals surface area contributed by atoms with E-state index in [1.807, 2.05) is 30.3 Å². The summed E-state index contributed by atoms with van der Waals surface area (Å²) >= 11 is 0. The van der Waals surface area contributed by atoms with Crippen LogP contribution in [0.2, 0.25) is 0 Å². The third-order valence-electron chi connectivity index (χ3n) is 4.08. The van der Waals surface area contributed by atoms with Gasteiger partial charge in [-0.2, -0.15) is 5.26 Å². The van der Waals surface area contributed by atoms with Crippen molar-refractivity contribution >= 4 is 16.5 Å². The van der Waals surface area contributed by atoms with E-state index in [0.29, 0.717) is 0 Å². The number of rotatable bonds is 2. The Morgan fingerprint density at radius 2 is 1.80 bits per heavy atom. The maximum absolute atomic E-state index is 9.21. The van der Waals surface area contributed by atoms with Crippen LogP contribution >= 0.6 is 0 Å². The molecule has 1 N–H and O–H groups in total. The largest absolute Gasteiger partial charge is 0.381 e. The molecule has 3 rings (SSSR count). The lowest BCUT2D eigenvalue weighted by atomic mass is 9.91. The molecule has 0 saturated carbocycles. The SMILES string of the molecule is CC1(Nc2ccc(C#N)c3ccccc23)CCOCC1. The van der Waals surface area contributed by atoms with Crippen LogP contribution < -0.4 is 5.32 Å². The Morgan fingerprint density at radius 1 is 1.10 bits per heavy atom. The summed E-state index contributed by atoms with van der Waals surface area (Å²) in [6, 6.07) is 14.2. The summed E-state index contributed by atoms with van der Waals surface area (Å²) in [5.74, 6) is 0. The summed E-state index contributed by atoms with van der Waals surface area (Å²) in [6.45, 7) is 3.85. The van der Waals surface area contributed by atoms with Crippen molar-refractivity contribution in [3.8, 4) is 6.07 Å². The third-order valence-corrected chi connectivity index (χ3v) is 4.08. The molecule has 0 atom stereocenters. The fraction of sp³-hybridized carbons (Fsp3) is 0.353. The average Bonchev–Trinajstić information content (AvgIpc) is 2.48.